The van der Waals surface area contributed by atoms with Crippen molar-refractivity contribution in [3.05, 3.63) is 54.1 Å². The van der Waals surface area contributed by atoms with Gasteiger partial charge in [-0.05, 0) is 30.3 Å². The average Bonchev–Trinajstić information content (AvgIpc) is 3.35. The van der Waals surface area contributed by atoms with Crippen LogP contribution in [0.25, 0.3) is 22.6 Å². The number of anilines is 1. The number of carbonyl (C=O) groups excluding carboxylic acids is 1. The van der Waals surface area contributed by atoms with Gasteiger partial charge in [-0.25, -0.2) is 4.79 Å². The minimum Gasteiger partial charge on any atom is -0.493 e. The number of carbonyl (C=O) groups is 2. The van der Waals surface area contributed by atoms with Crippen molar-refractivity contribution in [3.8, 4) is 17.3 Å². The van der Waals surface area contributed by atoms with E-state index in [2.05, 4.69) is 15.5 Å². The Bertz CT molecular complexity index is 1280. The van der Waals surface area contributed by atoms with Gasteiger partial charge in [0.05, 0.1) is 18.4 Å². The number of thioether (sulfide) groups is 1. The summed E-state index contributed by atoms with van der Waals surface area (Å²) in [5.41, 5.74) is 1.14. The number of ether oxygens (including phenoxy) is 1. The molecule has 0 fully saturated rings. The molecule has 9 nitrogen and oxygen atoms in total. The number of methoxy groups -OCH3 is 1. The highest BCUT2D eigenvalue weighted by Gasteiger charge is 2.18. The van der Waals surface area contributed by atoms with E-state index in [9.17, 15) is 9.59 Å². The lowest BCUT2D eigenvalue weighted by Gasteiger charge is -2.06. The van der Waals surface area contributed by atoms with Crippen LogP contribution in [0.1, 0.15) is 10.4 Å². The number of furan rings is 1. The summed E-state index contributed by atoms with van der Waals surface area (Å²) in [7, 11) is 3.37. The van der Waals surface area contributed by atoms with Crippen LogP contribution in [0.3, 0.4) is 0 Å². The molecule has 0 aliphatic carbocycles. The molecule has 2 aromatic carbocycles. The Morgan fingerprint density at radius 3 is 2.77 bits per heavy atom. The van der Waals surface area contributed by atoms with E-state index < -0.39 is 5.97 Å². The van der Waals surface area contributed by atoms with Crippen LogP contribution in [0.4, 0.5) is 5.69 Å². The zero-order valence-corrected chi connectivity index (χ0v) is 17.5. The number of hydrogen-bond donors (Lipinski definition) is 2. The normalized spacial score (nSPS) is 10.9. The Morgan fingerprint density at radius 2 is 2.00 bits per heavy atom. The van der Waals surface area contributed by atoms with Gasteiger partial charge in [-0.3, -0.25) is 4.79 Å². The molecule has 0 bridgehead atoms. The number of fused-ring (bicyclic) bond motifs is 1. The molecular weight excluding hydrogens is 420 g/mol. The van der Waals surface area contributed by atoms with Gasteiger partial charge in [-0.15, -0.1) is 10.2 Å². The molecule has 0 atom stereocenters. The number of nitrogens with one attached hydrogen (secondary N) is 1. The quantitative estimate of drug-likeness (QED) is 0.420. The van der Waals surface area contributed by atoms with E-state index in [1.807, 2.05) is 24.3 Å². The topological polar surface area (TPSA) is 119 Å². The van der Waals surface area contributed by atoms with Crippen LogP contribution in [0, 0.1) is 0 Å². The second-order valence-electron chi connectivity index (χ2n) is 6.58. The summed E-state index contributed by atoms with van der Waals surface area (Å²) in [6.07, 6.45) is 0. The SMILES string of the molecule is COc1cccc2cc(-c3nnc(SCC(=O)Nc4cccc(C(=O)O)c4)n3C)oc12. The molecule has 158 valence electrons. The fourth-order valence-electron chi connectivity index (χ4n) is 3.02. The first-order valence-electron chi connectivity index (χ1n) is 9.18. The van der Waals surface area contributed by atoms with Crippen molar-refractivity contribution >= 4 is 40.3 Å². The number of amides is 1. The summed E-state index contributed by atoms with van der Waals surface area (Å²) in [6.45, 7) is 0. The van der Waals surface area contributed by atoms with Crippen molar-refractivity contribution < 1.29 is 23.8 Å². The Kier molecular flexibility index (Phi) is 5.63. The summed E-state index contributed by atoms with van der Waals surface area (Å²) in [5, 5.41) is 21.5. The summed E-state index contributed by atoms with van der Waals surface area (Å²) < 4.78 is 13.0. The van der Waals surface area contributed by atoms with Crippen molar-refractivity contribution in [1.82, 2.24) is 14.8 Å². The molecule has 4 rings (SSSR count). The van der Waals surface area contributed by atoms with Crippen LogP contribution in [-0.4, -0.2) is 44.6 Å². The Balaban J connectivity index is 1.46. The molecule has 2 aromatic heterocycles. The Hall–Kier alpha value is -3.79. The molecular formula is C21H18N4O5S. The van der Waals surface area contributed by atoms with Gasteiger partial charge in [0.25, 0.3) is 0 Å². The molecule has 0 saturated carbocycles. The fourth-order valence-corrected chi connectivity index (χ4v) is 3.73. The third-order valence-corrected chi connectivity index (χ3v) is 5.53. The summed E-state index contributed by atoms with van der Waals surface area (Å²) in [6, 6.07) is 13.5. The predicted molar refractivity (Wildman–Crippen MR) is 116 cm³/mol. The number of carboxylic acid groups (broad SMARTS) is 1. The maximum Gasteiger partial charge on any atom is 0.335 e. The van der Waals surface area contributed by atoms with E-state index in [1.54, 1.807) is 30.9 Å². The van der Waals surface area contributed by atoms with Crippen molar-refractivity contribution in [2.75, 3.05) is 18.2 Å². The zero-order valence-electron chi connectivity index (χ0n) is 16.7. The monoisotopic (exact) mass is 438 g/mol. The number of nitrogens with zero attached hydrogens (tertiary/aromatic N) is 3. The molecule has 0 unspecified atom stereocenters. The van der Waals surface area contributed by atoms with Gasteiger partial charge >= 0.3 is 5.97 Å². The van der Waals surface area contributed by atoms with E-state index in [0.717, 1.165) is 5.39 Å². The highest BCUT2D eigenvalue weighted by molar-refractivity contribution is 7.99. The smallest absolute Gasteiger partial charge is 0.335 e. The van der Waals surface area contributed by atoms with Crippen LogP contribution < -0.4 is 10.1 Å². The molecule has 0 radical (unpaired) electrons. The van der Waals surface area contributed by atoms with Gasteiger partial charge in [0.15, 0.2) is 28.1 Å². The van der Waals surface area contributed by atoms with Gasteiger partial charge in [-0.2, -0.15) is 0 Å². The van der Waals surface area contributed by atoms with Crippen molar-refractivity contribution in [2.45, 2.75) is 5.16 Å². The molecule has 0 aliphatic rings. The third kappa shape index (κ3) is 4.24. The number of hydrogen-bond acceptors (Lipinski definition) is 7. The lowest BCUT2D eigenvalue weighted by atomic mass is 10.2. The van der Waals surface area contributed by atoms with Gasteiger partial charge < -0.3 is 24.1 Å². The first-order valence-corrected chi connectivity index (χ1v) is 10.2. The van der Waals surface area contributed by atoms with E-state index in [-0.39, 0.29) is 17.2 Å². The Morgan fingerprint density at radius 1 is 1.19 bits per heavy atom. The molecule has 31 heavy (non-hydrogen) atoms. The third-order valence-electron chi connectivity index (χ3n) is 4.51. The molecule has 0 saturated heterocycles. The first kappa shape index (κ1) is 20.5. The van der Waals surface area contributed by atoms with Gasteiger partial charge in [0.1, 0.15) is 0 Å². The summed E-state index contributed by atoms with van der Waals surface area (Å²) >= 11 is 1.21. The number of rotatable bonds is 7. The number of carboxylic acids is 1. The standard InChI is InChI=1S/C21H18N4O5S/c1-25-19(16-10-12-5-4-8-15(29-2)18(12)30-16)23-24-21(25)31-11-17(26)22-14-7-3-6-13(9-14)20(27)28/h3-10H,11H2,1-2H3,(H,22,26)(H,27,28). The van der Waals surface area contributed by atoms with Crippen molar-refractivity contribution in [1.29, 1.82) is 0 Å². The second-order valence-corrected chi connectivity index (χ2v) is 7.52. The number of aromatic nitrogens is 3. The molecule has 1 amide bonds. The molecule has 0 spiro atoms. The lowest BCUT2D eigenvalue weighted by Crippen LogP contribution is -2.15. The van der Waals surface area contributed by atoms with Gasteiger partial charge in [0, 0.05) is 18.1 Å². The minimum absolute atomic E-state index is 0.0806. The summed E-state index contributed by atoms with van der Waals surface area (Å²) in [5.74, 6) is 0.429. The van der Waals surface area contributed by atoms with Crippen LogP contribution in [0.2, 0.25) is 0 Å². The number of aromatic carboxylic acids is 1. The largest absolute Gasteiger partial charge is 0.493 e. The summed E-state index contributed by atoms with van der Waals surface area (Å²) in [4.78, 5) is 23.3. The van der Waals surface area contributed by atoms with Gasteiger partial charge in [-0.1, -0.05) is 30.0 Å². The lowest BCUT2D eigenvalue weighted by molar-refractivity contribution is -0.113. The van der Waals surface area contributed by atoms with E-state index in [1.165, 1.54) is 23.9 Å². The molecule has 2 heterocycles. The van der Waals surface area contributed by atoms with Crippen LogP contribution in [-0.2, 0) is 11.8 Å². The molecule has 10 heteroatoms. The first-order chi connectivity index (χ1) is 15.0. The van der Waals surface area contributed by atoms with Crippen LogP contribution in [0.15, 0.2) is 58.1 Å². The number of para-hydroxylation sites is 1. The maximum atomic E-state index is 12.3. The molecule has 4 aromatic rings. The molecule has 2 N–H and O–H groups in total. The van der Waals surface area contributed by atoms with Crippen LogP contribution >= 0.6 is 11.8 Å². The Labute approximate surface area is 181 Å². The zero-order chi connectivity index (χ0) is 22.0. The van der Waals surface area contributed by atoms with E-state index in [4.69, 9.17) is 14.3 Å². The maximum absolute atomic E-state index is 12.3. The number of benzene rings is 2. The fraction of sp³-hybridized carbons (Fsp3) is 0.143. The van der Waals surface area contributed by atoms with Gasteiger partial charge in [0.2, 0.25) is 5.91 Å². The van der Waals surface area contributed by atoms with E-state index >= 15 is 0 Å². The highest BCUT2D eigenvalue weighted by atomic mass is 32.2. The predicted octanol–water partition coefficient (Wildman–Crippen LogP) is 3.67. The second kappa shape index (κ2) is 8.52. The van der Waals surface area contributed by atoms with Crippen LogP contribution in [0.5, 0.6) is 5.75 Å². The van der Waals surface area contributed by atoms with Crippen molar-refractivity contribution in [2.24, 2.45) is 7.05 Å². The van der Waals surface area contributed by atoms with Crippen molar-refractivity contribution in [3.63, 3.8) is 0 Å². The average molecular weight is 438 g/mol. The highest BCUT2D eigenvalue weighted by Crippen LogP contribution is 2.33. The molecule has 0 aliphatic heterocycles. The minimum atomic E-state index is -1.06. The van der Waals surface area contributed by atoms with E-state index in [0.29, 0.717) is 33.8 Å².